The van der Waals surface area contributed by atoms with Gasteiger partial charge in [0, 0.05) is 33.9 Å². The molecule has 3 atom stereocenters. The number of nitrogens with zero attached hydrogens (tertiary/aromatic N) is 1. The zero-order valence-electron chi connectivity index (χ0n) is 22.9. The highest BCUT2D eigenvalue weighted by Crippen LogP contribution is 2.61. The van der Waals surface area contributed by atoms with E-state index >= 15 is 0 Å². The first kappa shape index (κ1) is 25.2. The lowest BCUT2D eigenvalue weighted by Crippen LogP contribution is -2.48. The number of para-hydroxylation sites is 2. The van der Waals surface area contributed by atoms with Crippen molar-refractivity contribution in [3.63, 3.8) is 0 Å². The number of fused-ring (bicyclic) bond motifs is 5. The summed E-state index contributed by atoms with van der Waals surface area (Å²) in [5.41, 5.74) is 3.31. The average molecular weight is 540 g/mol. The lowest BCUT2D eigenvalue weighted by Gasteiger charge is -2.37. The van der Waals surface area contributed by atoms with E-state index in [1.807, 2.05) is 104 Å². The van der Waals surface area contributed by atoms with Crippen LogP contribution in [0, 0.1) is 12.3 Å². The fraction of sp³-hybridized carbons (Fsp3) is 0.194. The largest absolute Gasteiger partial charge is 0.494 e. The van der Waals surface area contributed by atoms with Crippen LogP contribution in [0.5, 0.6) is 5.75 Å². The molecule has 7 rings (SSSR count). The van der Waals surface area contributed by atoms with Gasteiger partial charge in [-0.25, -0.2) is 0 Å². The molecule has 0 N–H and O–H groups in total. The van der Waals surface area contributed by atoms with Crippen molar-refractivity contribution in [3.05, 3.63) is 137 Å². The minimum atomic E-state index is -1.55. The lowest BCUT2D eigenvalue weighted by molar-refractivity contribution is 0.0664. The van der Waals surface area contributed by atoms with Gasteiger partial charge in [0.25, 0.3) is 0 Å². The van der Waals surface area contributed by atoms with E-state index in [0.717, 1.165) is 16.8 Å². The van der Waals surface area contributed by atoms with Gasteiger partial charge in [0.1, 0.15) is 17.2 Å². The van der Waals surface area contributed by atoms with Crippen molar-refractivity contribution in [1.82, 2.24) is 0 Å². The van der Waals surface area contributed by atoms with Crippen LogP contribution >= 0.6 is 0 Å². The molecule has 2 heterocycles. The minimum Gasteiger partial charge on any atom is -0.494 e. The van der Waals surface area contributed by atoms with Crippen molar-refractivity contribution in [3.8, 4) is 5.75 Å². The first-order chi connectivity index (χ1) is 20.0. The second kappa shape index (κ2) is 9.41. The lowest BCUT2D eigenvalue weighted by atomic mass is 9.64. The van der Waals surface area contributed by atoms with E-state index in [-0.39, 0.29) is 17.3 Å². The maximum Gasteiger partial charge on any atom is 0.185 e. The van der Waals surface area contributed by atoms with Crippen molar-refractivity contribution in [1.29, 1.82) is 0 Å². The van der Waals surface area contributed by atoms with E-state index in [4.69, 9.17) is 4.74 Å². The van der Waals surface area contributed by atoms with Crippen LogP contribution in [0.4, 0.5) is 5.69 Å². The molecule has 4 aromatic rings. The van der Waals surface area contributed by atoms with Crippen molar-refractivity contribution in [2.24, 2.45) is 5.41 Å². The molecule has 0 bridgehead atoms. The molecule has 0 unspecified atom stereocenters. The van der Waals surface area contributed by atoms with Crippen molar-refractivity contribution in [2.75, 3.05) is 11.5 Å². The quantitative estimate of drug-likeness (QED) is 0.208. The number of carbonyl (C=O) groups excluding carboxylic acids is 3. The van der Waals surface area contributed by atoms with Crippen LogP contribution < -0.4 is 9.64 Å². The van der Waals surface area contributed by atoms with Gasteiger partial charge in [-0.05, 0) is 31.5 Å². The van der Waals surface area contributed by atoms with E-state index in [1.165, 1.54) is 0 Å². The topological polar surface area (TPSA) is 63.7 Å². The molecule has 41 heavy (non-hydrogen) atoms. The summed E-state index contributed by atoms with van der Waals surface area (Å²) >= 11 is 0. The summed E-state index contributed by atoms with van der Waals surface area (Å²) in [6.07, 6.45) is 3.93. The van der Waals surface area contributed by atoms with Gasteiger partial charge in [0.2, 0.25) is 0 Å². The van der Waals surface area contributed by atoms with Crippen LogP contribution in [0.15, 0.2) is 103 Å². The van der Waals surface area contributed by atoms with Gasteiger partial charge in [0.15, 0.2) is 17.3 Å². The summed E-state index contributed by atoms with van der Waals surface area (Å²) in [4.78, 5) is 46.3. The molecule has 1 spiro atoms. The summed E-state index contributed by atoms with van der Waals surface area (Å²) in [6, 6.07) is 28.5. The highest BCUT2D eigenvalue weighted by atomic mass is 16.5. The van der Waals surface area contributed by atoms with Gasteiger partial charge in [-0.1, -0.05) is 103 Å². The van der Waals surface area contributed by atoms with Crippen molar-refractivity contribution < 1.29 is 19.1 Å². The zero-order chi connectivity index (χ0) is 28.3. The smallest absolute Gasteiger partial charge is 0.185 e. The highest BCUT2D eigenvalue weighted by Gasteiger charge is 2.71. The van der Waals surface area contributed by atoms with Gasteiger partial charge in [-0.15, -0.1) is 0 Å². The maximum atomic E-state index is 14.8. The second-order valence-electron chi connectivity index (χ2n) is 11.0. The number of ketones is 3. The second-order valence-corrected chi connectivity index (χ2v) is 11.0. The molecule has 3 aliphatic rings. The van der Waals surface area contributed by atoms with Crippen LogP contribution in [-0.2, 0) is 0 Å². The SMILES string of the molecule is CCOc1ccccc1[C@H]1[C@H](C(=O)c2ccc(C)cc2)N2c3ccccc3C=C[C@@H]2C12C(=O)c1ccccc1C2=O. The number of benzene rings is 4. The van der Waals surface area contributed by atoms with E-state index in [1.54, 1.807) is 24.3 Å². The van der Waals surface area contributed by atoms with Gasteiger partial charge in [-0.3, -0.25) is 14.4 Å². The van der Waals surface area contributed by atoms with E-state index in [0.29, 0.717) is 34.6 Å². The fourth-order valence-corrected chi connectivity index (χ4v) is 7.17. The molecule has 0 saturated carbocycles. The van der Waals surface area contributed by atoms with Gasteiger partial charge in [0.05, 0.1) is 12.6 Å². The third-order valence-electron chi connectivity index (χ3n) is 8.87. The number of ether oxygens (including phenoxy) is 1. The summed E-state index contributed by atoms with van der Waals surface area (Å²) in [5.74, 6) is -0.841. The predicted molar refractivity (Wildman–Crippen MR) is 159 cm³/mol. The normalized spacial score (nSPS) is 21.5. The third-order valence-corrected chi connectivity index (χ3v) is 8.87. The Kier molecular flexibility index (Phi) is 5.79. The molecule has 0 amide bonds. The van der Waals surface area contributed by atoms with Crippen LogP contribution in [0.3, 0.4) is 0 Å². The summed E-state index contributed by atoms with van der Waals surface area (Å²) < 4.78 is 6.10. The molecule has 5 nitrogen and oxygen atoms in total. The minimum absolute atomic E-state index is 0.134. The molecule has 1 fully saturated rings. The molecular weight excluding hydrogens is 510 g/mol. The molecule has 2 aliphatic heterocycles. The number of anilines is 1. The molecule has 0 aromatic heterocycles. The Morgan fingerprint density at radius 3 is 2.17 bits per heavy atom. The predicted octanol–water partition coefficient (Wildman–Crippen LogP) is 6.71. The summed E-state index contributed by atoms with van der Waals surface area (Å²) in [6.45, 7) is 4.29. The monoisotopic (exact) mass is 539 g/mol. The number of aryl methyl sites for hydroxylation is 1. The number of carbonyl (C=O) groups is 3. The Hall–Kier alpha value is -4.77. The van der Waals surface area contributed by atoms with E-state index < -0.39 is 23.4 Å². The molecular formula is C36H29NO4. The third kappa shape index (κ3) is 3.45. The number of hydrogen-bond acceptors (Lipinski definition) is 5. The fourth-order valence-electron chi connectivity index (χ4n) is 7.17. The Morgan fingerprint density at radius 1 is 0.829 bits per heavy atom. The van der Waals surface area contributed by atoms with Crippen molar-refractivity contribution >= 4 is 29.1 Å². The molecule has 5 heteroatoms. The Morgan fingerprint density at radius 2 is 1.46 bits per heavy atom. The first-order valence-electron chi connectivity index (χ1n) is 14.0. The van der Waals surface area contributed by atoms with Crippen molar-refractivity contribution in [2.45, 2.75) is 31.8 Å². The first-order valence-corrected chi connectivity index (χ1v) is 14.0. The zero-order valence-corrected chi connectivity index (χ0v) is 22.9. The maximum absolute atomic E-state index is 14.8. The average Bonchev–Trinajstić information content (AvgIpc) is 3.44. The summed E-state index contributed by atoms with van der Waals surface area (Å²) in [7, 11) is 0. The van der Waals surface area contributed by atoms with Crippen LogP contribution in [0.1, 0.15) is 60.6 Å². The molecule has 4 aromatic carbocycles. The molecule has 202 valence electrons. The van der Waals surface area contributed by atoms with Crippen LogP contribution in [-0.4, -0.2) is 36.0 Å². The number of rotatable bonds is 5. The van der Waals surface area contributed by atoms with Crippen LogP contribution in [0.2, 0.25) is 0 Å². The van der Waals surface area contributed by atoms with E-state index in [2.05, 4.69) is 0 Å². The molecule has 1 saturated heterocycles. The summed E-state index contributed by atoms with van der Waals surface area (Å²) in [5, 5.41) is 0. The Bertz CT molecular complexity index is 1720. The van der Waals surface area contributed by atoms with Gasteiger partial charge >= 0.3 is 0 Å². The molecule has 0 radical (unpaired) electrons. The number of hydrogen-bond donors (Lipinski definition) is 0. The van der Waals surface area contributed by atoms with Crippen LogP contribution in [0.25, 0.3) is 6.08 Å². The Labute approximate surface area is 239 Å². The van der Waals surface area contributed by atoms with Gasteiger partial charge in [-0.2, -0.15) is 0 Å². The van der Waals surface area contributed by atoms with Gasteiger partial charge < -0.3 is 9.64 Å². The standard InChI is InChI=1S/C36H29NO4/c1-3-41-29-15-9-7-13-27(29)31-32(33(38)24-18-16-22(2)17-19-24)37-28-14-8-4-10-23(28)20-21-30(37)36(31)34(39)25-11-5-6-12-26(25)35(36)40/h4-21,30-32H,3H2,1-2H3/t30-,31+,32-/m1/s1. The highest BCUT2D eigenvalue weighted by molar-refractivity contribution is 6.32. The van der Waals surface area contributed by atoms with E-state index in [9.17, 15) is 14.4 Å². The Balaban J connectivity index is 1.56. The molecule has 1 aliphatic carbocycles. The number of Topliss-reactive ketones (excluding diaryl/α,β-unsaturated/α-hetero) is 3.